The number of ether oxygens (including phenoxy) is 8. The fourth-order valence-corrected chi connectivity index (χ4v) is 10.9. The Morgan fingerprint density at radius 3 is 2.52 bits per heavy atom. The first-order chi connectivity index (χ1) is 29.4. The Bertz CT molecular complexity index is 1650. The molecule has 0 bridgehead atoms. The largest absolute Gasteiger partial charge is 0.459 e. The maximum absolute atomic E-state index is 12.7. The Morgan fingerprint density at radius 1 is 1.02 bits per heavy atom. The summed E-state index contributed by atoms with van der Waals surface area (Å²) in [7, 11) is 0. The van der Waals surface area contributed by atoms with E-state index in [-0.39, 0.29) is 49.8 Å². The Labute approximate surface area is 367 Å². The molecule has 0 aliphatic carbocycles. The highest BCUT2D eigenvalue weighted by Crippen LogP contribution is 2.47. The number of hydrogen-bond acceptors (Lipinski definition) is 14. The predicted octanol–water partition coefficient (Wildman–Crippen LogP) is 5.22. The minimum Gasteiger partial charge on any atom is -0.459 e. The fourth-order valence-electron chi connectivity index (χ4n) is 10.9. The highest BCUT2D eigenvalue weighted by atomic mass is 16.7. The van der Waals surface area contributed by atoms with Crippen molar-refractivity contribution in [3.63, 3.8) is 0 Å². The standard InChI is InChI=1S/C48H74O14/c1-28-22-38(60-48(24-28)39(51)13-12-35(59-48)25-45(7,54)44(53)55-27-29(2)26-49)30(3)10-11-34-15-19-47(58-34)20-16-37-43(62-47)40(52)33(6)42(57-37)36(50)23-32(5)41-31(4)14-18-46(61-41)17-8-9-21-56-46/h10-11,24,30-32,34-43,49-52,54H,2,6,8-9,12-23,25-27H2,1,3-5,7H3/b11-10+/t30-,31-,32+,34-,35+,36+,37?,38+,39-,40-,41?,42+,43?,45-,46+,47+,48-/m1/s1. The lowest BCUT2D eigenvalue weighted by Gasteiger charge is -2.50. The van der Waals surface area contributed by atoms with Crippen LogP contribution in [0.5, 0.6) is 0 Å². The van der Waals surface area contributed by atoms with Gasteiger partial charge in [0.15, 0.2) is 17.2 Å². The summed E-state index contributed by atoms with van der Waals surface area (Å²) < 4.78 is 50.7. The van der Waals surface area contributed by atoms with Crippen molar-refractivity contribution >= 4 is 5.97 Å². The molecule has 3 spiro atoms. The smallest absolute Gasteiger partial charge is 0.338 e. The van der Waals surface area contributed by atoms with Crippen LogP contribution in [0.15, 0.2) is 48.1 Å². The van der Waals surface area contributed by atoms with Gasteiger partial charge in [-0.25, -0.2) is 4.79 Å². The molecule has 350 valence electrons. The van der Waals surface area contributed by atoms with Crippen molar-refractivity contribution in [3.05, 3.63) is 48.1 Å². The molecule has 0 aromatic rings. The summed E-state index contributed by atoms with van der Waals surface area (Å²) in [4.78, 5) is 12.7. The predicted molar refractivity (Wildman–Crippen MR) is 227 cm³/mol. The molecule has 0 radical (unpaired) electrons. The lowest BCUT2D eigenvalue weighted by Crippen LogP contribution is -2.60. The second-order valence-electron chi connectivity index (χ2n) is 20.0. The summed E-state index contributed by atoms with van der Waals surface area (Å²) in [5.41, 5.74) is -0.151. The van der Waals surface area contributed by atoms with Gasteiger partial charge in [-0.1, -0.05) is 51.7 Å². The topological polar surface area (TPSA) is 192 Å². The average Bonchev–Trinajstić information content (AvgIpc) is 3.64. The van der Waals surface area contributed by atoms with E-state index in [2.05, 4.69) is 33.1 Å². The molecular weight excluding hydrogens is 801 g/mol. The number of fused-ring (bicyclic) bond motifs is 1. The SMILES string of the molecule is C=C(CO)COC(=O)[C@](C)(O)C[C@@H]1CC[C@@H](O)[C@]2(C=C(C)C[C@@H]([C@H](C)/C=C/[C@@H]3CC[C@]4(CCC5O[C@H]([C@@H](O)C[C@H](C)C6O[C@@]7(CCCCO7)CC[C@H]6C)C(=C)[C@@H](O)C5O4)O3)O2)O1. The lowest BCUT2D eigenvalue weighted by molar-refractivity contribution is -0.321. The van der Waals surface area contributed by atoms with Crippen LogP contribution in [0.1, 0.15) is 125 Å². The summed E-state index contributed by atoms with van der Waals surface area (Å²) in [5.74, 6) is -3.40. The quantitative estimate of drug-likeness (QED) is 0.120. The van der Waals surface area contributed by atoms with E-state index in [9.17, 15) is 30.3 Å². The van der Waals surface area contributed by atoms with Crippen molar-refractivity contribution < 1.29 is 68.2 Å². The summed E-state index contributed by atoms with van der Waals surface area (Å²) >= 11 is 0. The lowest BCUT2D eigenvalue weighted by atomic mass is 9.79. The van der Waals surface area contributed by atoms with Gasteiger partial charge in [0.2, 0.25) is 5.79 Å². The van der Waals surface area contributed by atoms with Gasteiger partial charge in [0.1, 0.15) is 31.0 Å². The monoisotopic (exact) mass is 875 g/mol. The maximum Gasteiger partial charge on any atom is 0.338 e. The molecular formula is C48H74O14. The van der Waals surface area contributed by atoms with Crippen LogP contribution in [-0.4, -0.2) is 135 Å². The molecule has 3 unspecified atom stereocenters. The van der Waals surface area contributed by atoms with Crippen LogP contribution in [0.25, 0.3) is 0 Å². The van der Waals surface area contributed by atoms with Gasteiger partial charge in [-0.2, -0.15) is 0 Å². The van der Waals surface area contributed by atoms with E-state index in [4.69, 9.17) is 37.9 Å². The van der Waals surface area contributed by atoms with Crippen LogP contribution in [0.3, 0.4) is 0 Å². The first kappa shape index (κ1) is 47.9. The second-order valence-corrected chi connectivity index (χ2v) is 20.0. The normalized spacial score (nSPS) is 42.6. The van der Waals surface area contributed by atoms with E-state index >= 15 is 0 Å². The van der Waals surface area contributed by atoms with Gasteiger partial charge in [0, 0.05) is 38.0 Å². The molecule has 7 rings (SSSR count). The summed E-state index contributed by atoms with van der Waals surface area (Å²) in [6.07, 6.45) is 9.32. The van der Waals surface area contributed by atoms with E-state index in [1.165, 1.54) is 6.92 Å². The molecule has 5 N–H and O–H groups in total. The molecule has 0 aromatic heterocycles. The van der Waals surface area contributed by atoms with Gasteiger partial charge in [0.25, 0.3) is 0 Å². The molecule has 14 nitrogen and oxygen atoms in total. The van der Waals surface area contributed by atoms with Gasteiger partial charge in [0.05, 0.1) is 49.8 Å². The molecule has 6 fully saturated rings. The van der Waals surface area contributed by atoms with E-state index in [1.807, 2.05) is 26.0 Å². The minimum atomic E-state index is -1.87. The van der Waals surface area contributed by atoms with Gasteiger partial charge in [-0.05, 0) is 101 Å². The van der Waals surface area contributed by atoms with Gasteiger partial charge in [-0.15, -0.1) is 0 Å². The number of rotatable bonds is 13. The number of carbonyl (C=O) groups excluding carboxylic acids is 1. The van der Waals surface area contributed by atoms with Crippen molar-refractivity contribution in [2.45, 2.75) is 209 Å². The van der Waals surface area contributed by atoms with Crippen LogP contribution in [0, 0.1) is 17.8 Å². The third-order valence-electron chi connectivity index (χ3n) is 14.6. The number of carbonyl (C=O) groups is 1. The summed E-state index contributed by atoms with van der Waals surface area (Å²) in [5, 5.41) is 54.6. The highest BCUT2D eigenvalue weighted by Gasteiger charge is 2.55. The molecule has 14 heteroatoms. The van der Waals surface area contributed by atoms with Crippen molar-refractivity contribution in [2.24, 2.45) is 17.8 Å². The van der Waals surface area contributed by atoms with E-state index in [0.717, 1.165) is 50.7 Å². The zero-order valence-corrected chi connectivity index (χ0v) is 37.6. The van der Waals surface area contributed by atoms with Crippen LogP contribution < -0.4 is 0 Å². The Balaban J connectivity index is 0.909. The Kier molecular flexibility index (Phi) is 15.0. The molecule has 0 saturated carbocycles. The Morgan fingerprint density at radius 2 is 1.77 bits per heavy atom. The van der Waals surface area contributed by atoms with Crippen LogP contribution in [-0.2, 0) is 42.7 Å². The first-order valence-corrected chi connectivity index (χ1v) is 23.3. The molecule has 0 amide bonds. The first-order valence-electron chi connectivity index (χ1n) is 23.3. The van der Waals surface area contributed by atoms with E-state index < -0.39 is 71.7 Å². The van der Waals surface area contributed by atoms with E-state index in [1.54, 1.807) is 0 Å². The van der Waals surface area contributed by atoms with Crippen LogP contribution in [0.2, 0.25) is 0 Å². The molecule has 7 aliphatic heterocycles. The van der Waals surface area contributed by atoms with Crippen molar-refractivity contribution in [3.8, 4) is 0 Å². The average molecular weight is 875 g/mol. The third kappa shape index (κ3) is 10.5. The molecule has 6 saturated heterocycles. The zero-order valence-electron chi connectivity index (χ0n) is 37.6. The van der Waals surface area contributed by atoms with Gasteiger partial charge in [-0.3, -0.25) is 0 Å². The van der Waals surface area contributed by atoms with Gasteiger partial charge >= 0.3 is 5.97 Å². The van der Waals surface area contributed by atoms with Crippen molar-refractivity contribution in [1.29, 1.82) is 0 Å². The molecule has 0 aromatic carbocycles. The maximum atomic E-state index is 12.7. The van der Waals surface area contributed by atoms with Crippen molar-refractivity contribution in [2.75, 3.05) is 19.8 Å². The number of esters is 1. The molecule has 7 heterocycles. The summed E-state index contributed by atoms with van der Waals surface area (Å²) in [6.45, 7) is 17.7. The van der Waals surface area contributed by atoms with Gasteiger partial charge < -0.3 is 63.4 Å². The summed E-state index contributed by atoms with van der Waals surface area (Å²) in [6, 6.07) is 0. The molecule has 7 aliphatic rings. The Hall–Kier alpha value is -2.05. The number of hydrogen-bond donors (Lipinski definition) is 5. The highest BCUT2D eigenvalue weighted by molar-refractivity contribution is 5.78. The molecule has 62 heavy (non-hydrogen) atoms. The number of aliphatic hydroxyl groups is 5. The van der Waals surface area contributed by atoms with Crippen LogP contribution in [0.4, 0.5) is 0 Å². The van der Waals surface area contributed by atoms with Crippen molar-refractivity contribution in [1.82, 2.24) is 0 Å². The second kappa shape index (κ2) is 19.4. The molecule has 17 atom stereocenters. The third-order valence-corrected chi connectivity index (χ3v) is 14.6. The fraction of sp³-hybridized carbons (Fsp3) is 0.812. The van der Waals surface area contributed by atoms with Crippen LogP contribution >= 0.6 is 0 Å². The number of aliphatic hydroxyl groups excluding tert-OH is 4. The minimum absolute atomic E-state index is 0.0452. The zero-order chi connectivity index (χ0) is 44.6. The van der Waals surface area contributed by atoms with E-state index in [0.29, 0.717) is 62.0 Å².